The molecule has 2 aliphatic heterocycles. The van der Waals surface area contributed by atoms with Crippen LogP contribution in [0.15, 0.2) is 47.6 Å². The molecule has 1 atom stereocenters. The van der Waals surface area contributed by atoms with Crippen molar-refractivity contribution in [2.24, 2.45) is 0 Å². The number of hydrogen-bond acceptors (Lipinski definition) is 6. The second-order valence-corrected chi connectivity index (χ2v) is 10.4. The van der Waals surface area contributed by atoms with Crippen molar-refractivity contribution in [3.63, 3.8) is 0 Å². The quantitative estimate of drug-likeness (QED) is 0.590. The molecule has 2 N–H and O–H groups in total. The lowest BCUT2D eigenvalue weighted by Crippen LogP contribution is -2.41. The Morgan fingerprint density at radius 3 is 2.78 bits per heavy atom. The molecule has 3 heterocycles. The van der Waals surface area contributed by atoms with Crippen molar-refractivity contribution in [1.82, 2.24) is 9.88 Å². The van der Waals surface area contributed by atoms with Gasteiger partial charge in [-0.05, 0) is 36.6 Å². The molecule has 0 bridgehead atoms. The maximum absolute atomic E-state index is 14.0. The van der Waals surface area contributed by atoms with Crippen LogP contribution in [0.3, 0.4) is 0 Å². The van der Waals surface area contributed by atoms with Gasteiger partial charge in [0.25, 0.3) is 0 Å². The maximum Gasteiger partial charge on any atom is 0.334 e. The summed E-state index contributed by atoms with van der Waals surface area (Å²) in [5, 5.41) is 13.0. The molecule has 3 amide bonds. The Balaban J connectivity index is 1.31. The summed E-state index contributed by atoms with van der Waals surface area (Å²) < 4.78 is 19.6. The number of nitrogens with one attached hydrogen (secondary N) is 1. The van der Waals surface area contributed by atoms with Crippen LogP contribution in [0.1, 0.15) is 31.7 Å². The molecule has 1 fully saturated rings. The van der Waals surface area contributed by atoms with Crippen LogP contribution in [-0.4, -0.2) is 52.5 Å². The van der Waals surface area contributed by atoms with Crippen molar-refractivity contribution in [2.45, 2.75) is 31.6 Å². The molecule has 9 nitrogen and oxygen atoms in total. The summed E-state index contributed by atoms with van der Waals surface area (Å²) >= 11 is 7.35. The predicted octanol–water partition coefficient (Wildman–Crippen LogP) is 4.70. The largest absolute Gasteiger partial charge is 0.478 e. The lowest BCUT2D eigenvalue weighted by molar-refractivity contribution is -0.133. The smallest absolute Gasteiger partial charge is 0.334 e. The number of fused-ring (bicyclic) bond motifs is 2. The highest BCUT2D eigenvalue weighted by Gasteiger charge is 2.49. The molecule has 5 rings (SSSR count). The summed E-state index contributed by atoms with van der Waals surface area (Å²) in [4.78, 5) is 43.9. The van der Waals surface area contributed by atoms with Gasteiger partial charge in [-0.25, -0.2) is 19.0 Å². The fourth-order valence-corrected chi connectivity index (χ4v) is 5.78. The first-order valence-electron chi connectivity index (χ1n) is 11.3. The average Bonchev–Trinajstić information content (AvgIpc) is 3.52. The number of ether oxygens (including phenoxy) is 1. The molecular formula is C24H22ClFN4O5S. The van der Waals surface area contributed by atoms with E-state index in [4.69, 9.17) is 21.4 Å². The number of likely N-dealkylation sites (tertiary alicyclic amines) is 1. The second-order valence-electron chi connectivity index (χ2n) is 8.98. The minimum atomic E-state index is -1.29. The third-order valence-corrected chi connectivity index (χ3v) is 7.74. The number of halogens is 2. The summed E-state index contributed by atoms with van der Waals surface area (Å²) in [5.74, 6) is -1.85. The van der Waals surface area contributed by atoms with E-state index in [-0.39, 0.29) is 41.5 Å². The number of hydrogen-bond donors (Lipinski definition) is 2. The number of aliphatic carboxylic acids is 1. The van der Waals surface area contributed by atoms with Crippen LogP contribution in [-0.2, 0) is 15.0 Å². The molecular weight excluding hydrogens is 511 g/mol. The molecule has 0 saturated carbocycles. The van der Waals surface area contributed by atoms with Gasteiger partial charge in [0.2, 0.25) is 11.0 Å². The first-order valence-corrected chi connectivity index (χ1v) is 12.4. The number of nitrogens with zero attached hydrogens (tertiary/aromatic N) is 3. The van der Waals surface area contributed by atoms with Gasteiger partial charge >= 0.3 is 12.0 Å². The molecule has 2 aromatic rings. The number of urea groups is 1. The summed E-state index contributed by atoms with van der Waals surface area (Å²) in [5.41, 5.74) is 1.01. The molecule has 3 aliphatic rings. The van der Waals surface area contributed by atoms with Crippen LogP contribution >= 0.6 is 22.9 Å². The normalized spacial score (nSPS) is 21.0. The Morgan fingerprint density at radius 2 is 2.08 bits per heavy atom. The van der Waals surface area contributed by atoms with Gasteiger partial charge in [0.15, 0.2) is 5.13 Å². The lowest BCUT2D eigenvalue weighted by atomic mass is 9.81. The van der Waals surface area contributed by atoms with Crippen LogP contribution in [0.5, 0.6) is 5.06 Å². The minimum Gasteiger partial charge on any atom is -0.478 e. The van der Waals surface area contributed by atoms with Gasteiger partial charge in [-0.1, -0.05) is 22.9 Å². The van der Waals surface area contributed by atoms with E-state index in [0.717, 1.165) is 35.1 Å². The van der Waals surface area contributed by atoms with Gasteiger partial charge in [-0.15, -0.1) is 0 Å². The third kappa shape index (κ3) is 4.44. The van der Waals surface area contributed by atoms with E-state index in [1.165, 1.54) is 6.20 Å². The van der Waals surface area contributed by atoms with Crippen LogP contribution in [0.25, 0.3) is 0 Å². The number of benzene rings is 1. The predicted molar refractivity (Wildman–Crippen MR) is 132 cm³/mol. The van der Waals surface area contributed by atoms with Gasteiger partial charge in [0.05, 0.1) is 11.8 Å². The van der Waals surface area contributed by atoms with E-state index in [0.29, 0.717) is 34.9 Å². The molecule has 188 valence electrons. The Labute approximate surface area is 214 Å². The van der Waals surface area contributed by atoms with Crippen LogP contribution in [0.4, 0.5) is 20.0 Å². The Hall–Kier alpha value is -3.44. The highest BCUT2D eigenvalue weighted by molar-refractivity contribution is 7.17. The number of thiazole rings is 1. The highest BCUT2D eigenvalue weighted by atomic mass is 35.5. The molecule has 1 aliphatic carbocycles. The van der Waals surface area contributed by atoms with Gasteiger partial charge in [0, 0.05) is 55.2 Å². The zero-order chi connectivity index (χ0) is 25.6. The molecule has 1 spiro atoms. The van der Waals surface area contributed by atoms with E-state index < -0.39 is 11.8 Å². The van der Waals surface area contributed by atoms with Crippen molar-refractivity contribution >= 4 is 51.7 Å². The van der Waals surface area contributed by atoms with Crippen molar-refractivity contribution in [1.29, 1.82) is 0 Å². The maximum atomic E-state index is 14.0. The number of carboxylic acids is 1. The Morgan fingerprint density at radius 1 is 1.28 bits per heavy atom. The standard InChI is InChI=1S/C24H22ClFN4O5S/c1-13(31)29-7-6-24(11-29)12-30(19-5-2-14(25)8-17(19)24)23(34)28-22-27-10-20(36-22)35-15-3-4-16(21(32)33)18(26)9-15/h2,5,8-10H,3-4,6-7,11-12H2,1H3,(H,32,33)(H,27,28,34). The molecule has 1 unspecified atom stereocenters. The lowest BCUT2D eigenvalue weighted by Gasteiger charge is -2.25. The first kappa shape index (κ1) is 24.3. The number of carbonyl (C=O) groups is 3. The van der Waals surface area contributed by atoms with Crippen molar-refractivity contribution < 1.29 is 28.6 Å². The number of aromatic nitrogens is 1. The van der Waals surface area contributed by atoms with Gasteiger partial charge < -0.3 is 14.7 Å². The minimum absolute atomic E-state index is 0.00342. The summed E-state index contributed by atoms with van der Waals surface area (Å²) in [6, 6.07) is 5.02. The fraction of sp³-hybridized carbons (Fsp3) is 0.333. The van der Waals surface area contributed by atoms with Crippen molar-refractivity contribution in [2.75, 3.05) is 29.9 Å². The van der Waals surface area contributed by atoms with Crippen LogP contribution in [0.2, 0.25) is 5.02 Å². The van der Waals surface area contributed by atoms with Crippen LogP contribution < -0.4 is 15.0 Å². The van der Waals surface area contributed by atoms with Crippen LogP contribution in [0, 0.1) is 0 Å². The SMILES string of the molecule is CC(=O)N1CCC2(C1)CN(C(=O)Nc1ncc(OC3=CC(F)=C(C(=O)O)CC3)s1)c1ccc(Cl)cc12. The van der Waals surface area contributed by atoms with E-state index >= 15 is 0 Å². The second kappa shape index (κ2) is 9.21. The van der Waals surface area contributed by atoms with E-state index in [9.17, 15) is 18.8 Å². The average molecular weight is 533 g/mol. The molecule has 1 saturated heterocycles. The summed E-state index contributed by atoms with van der Waals surface area (Å²) in [7, 11) is 0. The topological polar surface area (TPSA) is 112 Å². The molecule has 0 radical (unpaired) electrons. The molecule has 1 aromatic carbocycles. The monoisotopic (exact) mass is 532 g/mol. The van der Waals surface area contributed by atoms with Gasteiger partial charge in [-0.2, -0.15) is 0 Å². The zero-order valence-corrected chi connectivity index (χ0v) is 20.8. The van der Waals surface area contributed by atoms with Crippen molar-refractivity contribution in [3.8, 4) is 5.06 Å². The molecule has 1 aromatic heterocycles. The summed E-state index contributed by atoms with van der Waals surface area (Å²) in [6.45, 7) is 3.07. The highest BCUT2D eigenvalue weighted by Crippen LogP contribution is 2.47. The fourth-order valence-electron chi connectivity index (χ4n) is 4.92. The number of amides is 3. The summed E-state index contributed by atoms with van der Waals surface area (Å²) in [6.07, 6.45) is 3.46. The van der Waals surface area contributed by atoms with Gasteiger partial charge in [-0.3, -0.25) is 15.0 Å². The first-order chi connectivity index (χ1) is 17.1. The zero-order valence-electron chi connectivity index (χ0n) is 19.2. The van der Waals surface area contributed by atoms with E-state index in [1.54, 1.807) is 22.8 Å². The van der Waals surface area contributed by atoms with E-state index in [1.807, 2.05) is 12.1 Å². The Bertz CT molecular complexity index is 1340. The Kier molecular flexibility index (Phi) is 6.21. The number of rotatable bonds is 4. The van der Waals surface area contributed by atoms with Crippen molar-refractivity contribution in [3.05, 3.63) is 58.2 Å². The molecule has 36 heavy (non-hydrogen) atoms. The van der Waals surface area contributed by atoms with E-state index in [2.05, 4.69) is 10.3 Å². The third-order valence-electron chi connectivity index (χ3n) is 6.71. The number of anilines is 2. The number of allylic oxidation sites excluding steroid dienone is 3. The number of carboxylic acid groups (broad SMARTS) is 1. The van der Waals surface area contributed by atoms with Gasteiger partial charge in [0.1, 0.15) is 11.6 Å². The number of carbonyl (C=O) groups excluding carboxylic acids is 2. The molecule has 12 heteroatoms.